The van der Waals surface area contributed by atoms with Gasteiger partial charge in [0, 0.05) is 12.7 Å². The van der Waals surface area contributed by atoms with E-state index in [0.717, 1.165) is 20.8 Å². The van der Waals surface area contributed by atoms with E-state index >= 15 is 0 Å². The first-order valence-electron chi connectivity index (χ1n) is 4.05. The van der Waals surface area contributed by atoms with Crippen molar-refractivity contribution in [2.75, 3.05) is 0 Å². The minimum absolute atomic E-state index is 0.764. The SMILES string of the molecule is O=Cc1cc2cc(I)ccc2cc1I. The van der Waals surface area contributed by atoms with Gasteiger partial charge in [0.05, 0.1) is 0 Å². The largest absolute Gasteiger partial charge is 0.298 e. The first-order valence-corrected chi connectivity index (χ1v) is 6.20. The molecule has 0 aliphatic carbocycles. The summed E-state index contributed by atoms with van der Waals surface area (Å²) in [4.78, 5) is 10.7. The lowest BCUT2D eigenvalue weighted by atomic mass is 10.1. The van der Waals surface area contributed by atoms with Gasteiger partial charge in [-0.3, -0.25) is 4.79 Å². The summed E-state index contributed by atoms with van der Waals surface area (Å²) >= 11 is 4.45. The molecular weight excluding hydrogens is 402 g/mol. The van der Waals surface area contributed by atoms with Crippen LogP contribution in [0.2, 0.25) is 0 Å². The first kappa shape index (κ1) is 10.4. The molecule has 0 spiro atoms. The van der Waals surface area contributed by atoms with Crippen LogP contribution in [0, 0.1) is 7.14 Å². The minimum atomic E-state index is 0.764. The molecule has 0 saturated heterocycles. The maximum atomic E-state index is 10.7. The van der Waals surface area contributed by atoms with E-state index in [0.29, 0.717) is 0 Å². The molecule has 0 N–H and O–H groups in total. The van der Waals surface area contributed by atoms with Crippen LogP contribution in [0.15, 0.2) is 30.3 Å². The first-order chi connectivity index (χ1) is 6.70. The predicted molar refractivity (Wildman–Crippen MR) is 74.8 cm³/mol. The number of halogens is 2. The molecule has 2 aromatic carbocycles. The van der Waals surface area contributed by atoms with Crippen molar-refractivity contribution in [2.45, 2.75) is 0 Å². The molecule has 0 fully saturated rings. The summed E-state index contributed by atoms with van der Waals surface area (Å²) in [6.45, 7) is 0. The summed E-state index contributed by atoms with van der Waals surface area (Å²) in [6.07, 6.45) is 0.904. The maximum absolute atomic E-state index is 10.7. The quantitative estimate of drug-likeness (QED) is 0.518. The van der Waals surface area contributed by atoms with Gasteiger partial charge < -0.3 is 0 Å². The van der Waals surface area contributed by atoms with Gasteiger partial charge in [-0.1, -0.05) is 6.07 Å². The lowest BCUT2D eigenvalue weighted by molar-refractivity contribution is 0.112. The van der Waals surface area contributed by atoms with Crippen LogP contribution >= 0.6 is 45.2 Å². The summed E-state index contributed by atoms with van der Waals surface area (Å²) in [5, 5.41) is 2.31. The van der Waals surface area contributed by atoms with Crippen LogP contribution in [0.3, 0.4) is 0 Å². The summed E-state index contributed by atoms with van der Waals surface area (Å²) < 4.78 is 2.19. The summed E-state index contributed by atoms with van der Waals surface area (Å²) in [7, 11) is 0. The lowest BCUT2D eigenvalue weighted by Crippen LogP contribution is -1.86. The van der Waals surface area contributed by atoms with Crippen molar-refractivity contribution in [3.8, 4) is 0 Å². The van der Waals surface area contributed by atoms with Gasteiger partial charge in [0.2, 0.25) is 0 Å². The molecule has 0 aliphatic heterocycles. The van der Waals surface area contributed by atoms with Crippen LogP contribution in [-0.2, 0) is 0 Å². The van der Waals surface area contributed by atoms with E-state index in [9.17, 15) is 4.79 Å². The molecular formula is C11H6I2O. The van der Waals surface area contributed by atoms with Gasteiger partial charge in [-0.2, -0.15) is 0 Å². The van der Waals surface area contributed by atoms with Crippen molar-refractivity contribution in [3.63, 3.8) is 0 Å². The van der Waals surface area contributed by atoms with Crippen molar-refractivity contribution in [1.82, 2.24) is 0 Å². The van der Waals surface area contributed by atoms with Gasteiger partial charge in [-0.05, 0) is 80.2 Å². The van der Waals surface area contributed by atoms with Crippen LogP contribution < -0.4 is 0 Å². The molecule has 3 heteroatoms. The topological polar surface area (TPSA) is 17.1 Å². The highest BCUT2D eigenvalue weighted by atomic mass is 127. The third kappa shape index (κ3) is 1.93. The van der Waals surface area contributed by atoms with E-state index in [1.165, 1.54) is 8.96 Å². The number of fused-ring (bicyclic) bond motifs is 1. The highest BCUT2D eigenvalue weighted by Gasteiger charge is 2.01. The molecule has 70 valence electrons. The number of carbonyl (C=O) groups excluding carboxylic acids is 1. The Hall–Kier alpha value is -0.170. The number of hydrogen-bond acceptors (Lipinski definition) is 1. The molecule has 0 unspecified atom stereocenters. The van der Waals surface area contributed by atoms with Crippen LogP contribution in [0.4, 0.5) is 0 Å². The standard InChI is InChI=1S/C11H6I2O/c12-10-2-1-7-5-11(13)9(6-14)3-8(7)4-10/h1-6H. The summed E-state index contributed by atoms with van der Waals surface area (Å²) in [5.41, 5.74) is 0.764. The van der Waals surface area contributed by atoms with Crippen molar-refractivity contribution < 1.29 is 4.79 Å². The summed E-state index contributed by atoms with van der Waals surface area (Å²) in [6, 6.07) is 10.2. The van der Waals surface area contributed by atoms with Gasteiger partial charge in [-0.15, -0.1) is 0 Å². The summed E-state index contributed by atoms with van der Waals surface area (Å²) in [5.74, 6) is 0. The van der Waals surface area contributed by atoms with E-state index in [1.807, 2.05) is 12.1 Å². The zero-order valence-corrected chi connectivity index (χ0v) is 11.4. The maximum Gasteiger partial charge on any atom is 0.151 e. The number of rotatable bonds is 1. The minimum Gasteiger partial charge on any atom is -0.298 e. The number of hydrogen-bond donors (Lipinski definition) is 0. The number of aldehydes is 1. The van der Waals surface area contributed by atoms with Crippen LogP contribution in [-0.4, -0.2) is 6.29 Å². The van der Waals surface area contributed by atoms with Crippen LogP contribution in [0.1, 0.15) is 10.4 Å². The number of benzene rings is 2. The third-order valence-electron chi connectivity index (χ3n) is 2.04. The Kier molecular flexibility index (Phi) is 3.06. The Morgan fingerprint density at radius 1 is 1.00 bits per heavy atom. The molecule has 0 aliphatic rings. The fourth-order valence-corrected chi connectivity index (χ4v) is 2.48. The average Bonchev–Trinajstić information content (AvgIpc) is 2.17. The van der Waals surface area contributed by atoms with Crippen molar-refractivity contribution >= 4 is 62.2 Å². The highest BCUT2D eigenvalue weighted by molar-refractivity contribution is 14.1. The molecule has 0 aromatic heterocycles. The molecule has 14 heavy (non-hydrogen) atoms. The normalized spacial score (nSPS) is 10.4. The molecule has 0 atom stereocenters. The number of carbonyl (C=O) groups is 1. The molecule has 2 rings (SSSR count). The molecule has 1 nitrogen and oxygen atoms in total. The van der Waals surface area contributed by atoms with Crippen molar-refractivity contribution in [2.24, 2.45) is 0 Å². The monoisotopic (exact) mass is 408 g/mol. The third-order valence-corrected chi connectivity index (χ3v) is 3.65. The van der Waals surface area contributed by atoms with E-state index in [1.54, 1.807) is 0 Å². The zero-order valence-electron chi connectivity index (χ0n) is 7.13. The molecule has 0 bridgehead atoms. The smallest absolute Gasteiger partial charge is 0.151 e. The van der Waals surface area contributed by atoms with Crippen LogP contribution in [0.25, 0.3) is 10.8 Å². The predicted octanol–water partition coefficient (Wildman–Crippen LogP) is 3.86. The second-order valence-corrected chi connectivity index (χ2v) is 5.39. The van der Waals surface area contributed by atoms with Gasteiger partial charge in [0.15, 0.2) is 6.29 Å². The lowest BCUT2D eigenvalue weighted by Gasteiger charge is -2.02. The van der Waals surface area contributed by atoms with Gasteiger partial charge in [0.25, 0.3) is 0 Å². The molecule has 0 saturated carbocycles. The fourth-order valence-electron chi connectivity index (χ4n) is 1.35. The average molecular weight is 408 g/mol. The van der Waals surface area contributed by atoms with Gasteiger partial charge >= 0.3 is 0 Å². The molecule has 2 aromatic rings. The Balaban J connectivity index is 2.79. The fraction of sp³-hybridized carbons (Fsp3) is 0. The molecule has 0 amide bonds. The van der Waals surface area contributed by atoms with E-state index < -0.39 is 0 Å². The molecule has 0 heterocycles. The second kappa shape index (κ2) is 4.14. The van der Waals surface area contributed by atoms with E-state index in [-0.39, 0.29) is 0 Å². The highest BCUT2D eigenvalue weighted by Crippen LogP contribution is 2.22. The van der Waals surface area contributed by atoms with Gasteiger partial charge in [0.1, 0.15) is 0 Å². The van der Waals surface area contributed by atoms with Crippen LogP contribution in [0.5, 0.6) is 0 Å². The molecule has 0 radical (unpaired) electrons. The van der Waals surface area contributed by atoms with Crippen molar-refractivity contribution in [1.29, 1.82) is 0 Å². The van der Waals surface area contributed by atoms with Crippen molar-refractivity contribution in [3.05, 3.63) is 43.0 Å². The Morgan fingerprint density at radius 3 is 2.50 bits per heavy atom. The van der Waals surface area contributed by atoms with Gasteiger partial charge in [-0.25, -0.2) is 0 Å². The zero-order chi connectivity index (χ0) is 10.1. The second-order valence-electron chi connectivity index (χ2n) is 2.98. The van der Waals surface area contributed by atoms with E-state index in [2.05, 4.69) is 63.4 Å². The Labute approximate surface area is 109 Å². The Bertz CT molecular complexity index is 506. The Morgan fingerprint density at radius 2 is 1.79 bits per heavy atom. The van der Waals surface area contributed by atoms with E-state index in [4.69, 9.17) is 0 Å².